The van der Waals surface area contributed by atoms with E-state index in [0.29, 0.717) is 11.3 Å². The molecule has 9 aromatic rings. The van der Waals surface area contributed by atoms with E-state index in [9.17, 15) is 5.26 Å². The predicted octanol–water partition coefficient (Wildman–Crippen LogP) is 11.6. The summed E-state index contributed by atoms with van der Waals surface area (Å²) in [5.41, 5.74) is 11.7. The van der Waals surface area contributed by atoms with E-state index in [1.54, 1.807) is 0 Å². The molecule has 0 aliphatic rings. The van der Waals surface area contributed by atoms with Crippen LogP contribution in [0.15, 0.2) is 158 Å². The van der Waals surface area contributed by atoms with Gasteiger partial charge in [-0.05, 0) is 71.1 Å². The van der Waals surface area contributed by atoms with Crippen LogP contribution in [0.2, 0.25) is 0 Å². The van der Waals surface area contributed by atoms with E-state index in [-0.39, 0.29) is 0 Å². The Labute approximate surface area is 277 Å². The van der Waals surface area contributed by atoms with Crippen LogP contribution in [0.4, 0.5) is 5.69 Å². The van der Waals surface area contributed by atoms with Crippen LogP contribution in [0.3, 0.4) is 0 Å². The van der Waals surface area contributed by atoms with Gasteiger partial charge in [-0.2, -0.15) is 5.26 Å². The molecule has 0 aliphatic carbocycles. The summed E-state index contributed by atoms with van der Waals surface area (Å²) in [6, 6.07) is 56.8. The summed E-state index contributed by atoms with van der Waals surface area (Å²) in [5, 5.41) is 14.7. The molecular weight excluding hydrogens is 585 g/mol. The van der Waals surface area contributed by atoms with Crippen molar-refractivity contribution in [1.29, 1.82) is 5.26 Å². The van der Waals surface area contributed by atoms with Gasteiger partial charge in [0, 0.05) is 33.0 Å². The normalized spacial score (nSPS) is 11.3. The van der Waals surface area contributed by atoms with Crippen LogP contribution in [0, 0.1) is 17.9 Å². The number of rotatable bonds is 4. The summed E-state index contributed by atoms with van der Waals surface area (Å²) in [4.78, 5) is 3.72. The highest BCUT2D eigenvalue weighted by Gasteiger charge is 2.19. The van der Waals surface area contributed by atoms with Gasteiger partial charge < -0.3 is 9.13 Å². The fourth-order valence-corrected chi connectivity index (χ4v) is 7.25. The average Bonchev–Trinajstić information content (AvgIpc) is 3.67. The smallest absolute Gasteiger partial charge is 0.188 e. The Morgan fingerprint density at radius 2 is 1.08 bits per heavy atom. The zero-order valence-corrected chi connectivity index (χ0v) is 25.8. The topological polar surface area (TPSA) is 38.0 Å². The Hall–Kier alpha value is -6.88. The molecule has 0 unspecified atom stereocenters. The maximum absolute atomic E-state index is 10.1. The number of benzene rings is 7. The van der Waals surface area contributed by atoms with E-state index in [1.165, 1.54) is 21.8 Å². The van der Waals surface area contributed by atoms with Crippen LogP contribution < -0.4 is 0 Å². The molecule has 4 heteroatoms. The number of nitriles is 1. The van der Waals surface area contributed by atoms with Gasteiger partial charge in [-0.15, -0.1) is 0 Å². The minimum absolute atomic E-state index is 0.607. The number of hydrogen-bond donors (Lipinski definition) is 0. The lowest BCUT2D eigenvalue weighted by atomic mass is 9.95. The van der Waals surface area contributed by atoms with E-state index in [1.807, 2.05) is 48.5 Å². The number of hydrogen-bond acceptors (Lipinski definition) is 1. The fraction of sp³-hybridized carbons (Fsp3) is 0. The maximum Gasteiger partial charge on any atom is 0.188 e. The Balaban J connectivity index is 1.31. The van der Waals surface area contributed by atoms with E-state index in [2.05, 4.69) is 129 Å². The Bertz CT molecular complexity index is 2760. The fourth-order valence-electron chi connectivity index (χ4n) is 7.25. The van der Waals surface area contributed by atoms with Gasteiger partial charge in [-0.3, -0.25) is 0 Å². The van der Waals surface area contributed by atoms with Crippen LogP contribution in [0.1, 0.15) is 5.56 Å². The number of nitrogens with zero attached hydrogens (tertiary/aromatic N) is 4. The molecule has 2 heterocycles. The molecule has 0 radical (unpaired) electrons. The van der Waals surface area contributed by atoms with Gasteiger partial charge in [0.1, 0.15) is 0 Å². The third-order valence-corrected chi connectivity index (χ3v) is 9.38. The van der Waals surface area contributed by atoms with Crippen LogP contribution in [-0.2, 0) is 0 Å². The van der Waals surface area contributed by atoms with Crippen molar-refractivity contribution in [2.24, 2.45) is 0 Å². The van der Waals surface area contributed by atoms with Gasteiger partial charge >= 0.3 is 0 Å². The predicted molar refractivity (Wildman–Crippen MR) is 197 cm³/mol. The third-order valence-electron chi connectivity index (χ3n) is 9.38. The van der Waals surface area contributed by atoms with E-state index in [0.717, 1.165) is 55.4 Å². The molecule has 9 rings (SSSR count). The quantitative estimate of drug-likeness (QED) is 0.183. The van der Waals surface area contributed by atoms with Gasteiger partial charge in [0.2, 0.25) is 0 Å². The molecule has 222 valence electrons. The molecule has 0 aliphatic heterocycles. The van der Waals surface area contributed by atoms with Crippen molar-refractivity contribution in [2.75, 3.05) is 0 Å². The molecule has 0 fully saturated rings. The molecule has 0 saturated heterocycles. The first-order chi connectivity index (χ1) is 23.7. The second-order valence-corrected chi connectivity index (χ2v) is 12.0. The SMILES string of the molecule is [C-]#[N+]c1ccc2c(c1)c1ccccc1n2-c1cc(-c2cccc(-n3c4ccccc4c4ccccc43)c2)ccc1-c1ccccc1C#N. The van der Waals surface area contributed by atoms with Crippen LogP contribution >= 0.6 is 0 Å². The second-order valence-electron chi connectivity index (χ2n) is 12.0. The largest absolute Gasteiger partial charge is 0.309 e. The third kappa shape index (κ3) is 4.14. The van der Waals surface area contributed by atoms with Gasteiger partial charge in [0.05, 0.1) is 46.0 Å². The molecule has 0 saturated carbocycles. The molecule has 48 heavy (non-hydrogen) atoms. The highest BCUT2D eigenvalue weighted by atomic mass is 15.0. The van der Waals surface area contributed by atoms with Crippen molar-refractivity contribution >= 4 is 49.3 Å². The van der Waals surface area contributed by atoms with Gasteiger partial charge in [0.15, 0.2) is 5.69 Å². The van der Waals surface area contributed by atoms with E-state index >= 15 is 0 Å². The molecule has 0 bridgehead atoms. The summed E-state index contributed by atoms with van der Waals surface area (Å²) in [6.45, 7) is 7.66. The molecule has 4 nitrogen and oxygen atoms in total. The summed E-state index contributed by atoms with van der Waals surface area (Å²) in [6.07, 6.45) is 0. The standard InChI is InChI=1S/C44H26N4/c1-46-32-22-24-43-39(27-32)37-17-6-9-20-42(37)48(43)44-26-30(21-23-38(44)34-14-3-2-11-31(34)28-45)29-12-10-13-33(25-29)47-40-18-7-4-15-35(40)36-16-5-8-19-41(36)47/h2-27H. The molecule has 0 spiro atoms. The van der Waals surface area contributed by atoms with Crippen molar-refractivity contribution < 1.29 is 0 Å². The van der Waals surface area contributed by atoms with Crippen LogP contribution in [0.25, 0.3) is 82.1 Å². The number of fused-ring (bicyclic) bond motifs is 6. The molecule has 2 aromatic heterocycles. The zero-order valence-electron chi connectivity index (χ0n) is 25.8. The van der Waals surface area contributed by atoms with Gasteiger partial charge in [-0.1, -0.05) is 103 Å². The monoisotopic (exact) mass is 610 g/mol. The van der Waals surface area contributed by atoms with Crippen molar-refractivity contribution in [3.8, 4) is 39.7 Å². The molecule has 0 amide bonds. The first kappa shape index (κ1) is 27.4. The van der Waals surface area contributed by atoms with Crippen molar-refractivity contribution in [2.45, 2.75) is 0 Å². The lowest BCUT2D eigenvalue weighted by Gasteiger charge is -2.17. The van der Waals surface area contributed by atoms with Crippen molar-refractivity contribution in [1.82, 2.24) is 9.13 Å². The van der Waals surface area contributed by atoms with Crippen LogP contribution in [0.5, 0.6) is 0 Å². The number of aromatic nitrogens is 2. The first-order valence-corrected chi connectivity index (χ1v) is 15.9. The van der Waals surface area contributed by atoms with Crippen LogP contribution in [-0.4, -0.2) is 9.13 Å². The van der Waals surface area contributed by atoms with Gasteiger partial charge in [-0.25, -0.2) is 4.85 Å². The zero-order chi connectivity index (χ0) is 32.2. The Morgan fingerprint density at radius 3 is 1.79 bits per heavy atom. The highest BCUT2D eigenvalue weighted by Crippen LogP contribution is 2.40. The lowest BCUT2D eigenvalue weighted by molar-refractivity contribution is 1.17. The second kappa shape index (κ2) is 10.9. The first-order valence-electron chi connectivity index (χ1n) is 15.9. The molecular formula is C44H26N4. The summed E-state index contributed by atoms with van der Waals surface area (Å²) < 4.78 is 4.62. The Kier molecular flexibility index (Phi) is 6.22. The number of para-hydroxylation sites is 3. The maximum atomic E-state index is 10.1. The van der Waals surface area contributed by atoms with Crippen molar-refractivity contribution in [3.05, 3.63) is 175 Å². The molecule has 0 atom stereocenters. The van der Waals surface area contributed by atoms with Crippen molar-refractivity contribution in [3.63, 3.8) is 0 Å². The Morgan fingerprint density at radius 1 is 0.479 bits per heavy atom. The highest BCUT2D eigenvalue weighted by molar-refractivity contribution is 6.11. The molecule has 7 aromatic carbocycles. The minimum Gasteiger partial charge on any atom is -0.309 e. The van der Waals surface area contributed by atoms with E-state index in [4.69, 9.17) is 6.57 Å². The van der Waals surface area contributed by atoms with E-state index < -0.39 is 0 Å². The average molecular weight is 611 g/mol. The minimum atomic E-state index is 0.607. The van der Waals surface area contributed by atoms with Gasteiger partial charge in [0.25, 0.3) is 0 Å². The summed E-state index contributed by atoms with van der Waals surface area (Å²) in [7, 11) is 0. The summed E-state index contributed by atoms with van der Waals surface area (Å²) in [5.74, 6) is 0. The lowest BCUT2D eigenvalue weighted by Crippen LogP contribution is -1.99. The molecule has 0 N–H and O–H groups in total. The summed E-state index contributed by atoms with van der Waals surface area (Å²) >= 11 is 0.